The molecule has 3 nitrogen and oxygen atoms in total. The lowest BCUT2D eigenvalue weighted by molar-refractivity contribution is 0.508. The van der Waals surface area contributed by atoms with Gasteiger partial charge < -0.3 is 0 Å². The third-order valence-electron chi connectivity index (χ3n) is 3.29. The first kappa shape index (κ1) is 15.3. The summed E-state index contributed by atoms with van der Waals surface area (Å²) in [6.45, 7) is 3.03. The normalized spacial score (nSPS) is 12.6. The molecule has 0 aliphatic heterocycles. The summed E-state index contributed by atoms with van der Waals surface area (Å²) in [6, 6.07) is 7.92. The average Bonchev–Trinajstić information content (AvgIpc) is 2.88. The van der Waals surface area contributed by atoms with Gasteiger partial charge in [-0.25, -0.2) is 4.98 Å². The third-order valence-corrected chi connectivity index (χ3v) is 4.09. The molecule has 1 atom stereocenters. The van der Waals surface area contributed by atoms with Gasteiger partial charge in [0.15, 0.2) is 0 Å². The Morgan fingerprint density at radius 1 is 1.25 bits per heavy atom. The van der Waals surface area contributed by atoms with Gasteiger partial charge in [0, 0.05) is 23.9 Å². The molecule has 1 unspecified atom stereocenters. The van der Waals surface area contributed by atoms with E-state index in [0.717, 1.165) is 42.2 Å². The first-order valence-electron chi connectivity index (χ1n) is 6.90. The molecule has 0 radical (unpaired) electrons. The molecule has 0 N–H and O–H groups in total. The van der Waals surface area contributed by atoms with Crippen molar-refractivity contribution < 1.29 is 0 Å². The number of aryl methyl sites for hydroxylation is 1. The molecule has 0 fully saturated rings. The smallest absolute Gasteiger partial charge is 0.138 e. The zero-order valence-electron chi connectivity index (χ0n) is 11.6. The predicted molar refractivity (Wildman–Crippen MR) is 83.4 cm³/mol. The Kier molecular flexibility index (Phi) is 5.86. The molecule has 1 aromatic heterocycles. The molecule has 2 rings (SSSR count). The number of hydrogen-bond donors (Lipinski definition) is 0. The van der Waals surface area contributed by atoms with E-state index in [-0.39, 0.29) is 0 Å². The van der Waals surface area contributed by atoms with Gasteiger partial charge in [-0.2, -0.15) is 5.10 Å². The summed E-state index contributed by atoms with van der Waals surface area (Å²) in [5, 5.41) is 5.06. The molecule has 5 heteroatoms. The molecule has 0 saturated carbocycles. The summed E-state index contributed by atoms with van der Waals surface area (Å²) in [7, 11) is 0. The molecule has 0 aliphatic carbocycles. The number of aromatic nitrogens is 3. The highest BCUT2D eigenvalue weighted by Crippen LogP contribution is 2.21. The predicted octanol–water partition coefficient (Wildman–Crippen LogP) is 3.98. The second kappa shape index (κ2) is 7.65. The van der Waals surface area contributed by atoms with E-state index in [2.05, 4.69) is 23.1 Å². The van der Waals surface area contributed by atoms with E-state index in [4.69, 9.17) is 23.2 Å². The van der Waals surface area contributed by atoms with E-state index >= 15 is 0 Å². The molecule has 0 amide bonds. The molecule has 2 aromatic rings. The highest BCUT2D eigenvalue weighted by molar-refractivity contribution is 6.31. The van der Waals surface area contributed by atoms with Gasteiger partial charge in [0.25, 0.3) is 0 Å². The van der Waals surface area contributed by atoms with Crippen molar-refractivity contribution in [1.29, 1.82) is 0 Å². The molecular weight excluding hydrogens is 293 g/mol. The third kappa shape index (κ3) is 3.97. The van der Waals surface area contributed by atoms with E-state index in [1.54, 1.807) is 6.33 Å². The second-order valence-electron chi connectivity index (χ2n) is 4.92. The maximum absolute atomic E-state index is 6.21. The van der Waals surface area contributed by atoms with E-state index in [9.17, 15) is 0 Å². The Morgan fingerprint density at radius 3 is 2.75 bits per heavy atom. The first-order valence-corrected chi connectivity index (χ1v) is 7.81. The Morgan fingerprint density at radius 2 is 2.05 bits per heavy atom. The lowest BCUT2D eigenvalue weighted by atomic mass is 9.97. The Balaban J connectivity index is 2.05. The van der Waals surface area contributed by atoms with Crippen LogP contribution in [0.4, 0.5) is 0 Å². The van der Waals surface area contributed by atoms with Crippen LogP contribution in [0.5, 0.6) is 0 Å². The van der Waals surface area contributed by atoms with Crippen molar-refractivity contribution in [2.45, 2.75) is 32.7 Å². The molecule has 20 heavy (non-hydrogen) atoms. The number of nitrogens with zero attached hydrogens (tertiary/aromatic N) is 3. The molecule has 108 valence electrons. The van der Waals surface area contributed by atoms with Crippen LogP contribution in [-0.2, 0) is 19.4 Å². The number of benzene rings is 1. The van der Waals surface area contributed by atoms with Crippen molar-refractivity contribution in [2.75, 3.05) is 5.88 Å². The fourth-order valence-corrected chi connectivity index (χ4v) is 2.69. The zero-order valence-corrected chi connectivity index (χ0v) is 13.1. The van der Waals surface area contributed by atoms with Crippen LogP contribution in [0.1, 0.15) is 24.7 Å². The highest BCUT2D eigenvalue weighted by atomic mass is 35.5. The molecule has 0 saturated heterocycles. The standard InChI is InChI=1S/C15H19Cl2N3/c1-2-7-20-15(18-11-19-20)9-12(10-16)8-13-5-3-4-6-14(13)17/h3-6,11-12H,2,7-10H2,1H3. The van der Waals surface area contributed by atoms with Gasteiger partial charge in [-0.3, -0.25) is 4.68 Å². The minimum atomic E-state index is 0.316. The maximum Gasteiger partial charge on any atom is 0.138 e. The zero-order chi connectivity index (χ0) is 14.4. The molecule has 1 aromatic carbocycles. The second-order valence-corrected chi connectivity index (χ2v) is 5.64. The van der Waals surface area contributed by atoms with Gasteiger partial charge in [0.2, 0.25) is 0 Å². The van der Waals surface area contributed by atoms with E-state index < -0.39 is 0 Å². The summed E-state index contributed by atoms with van der Waals surface area (Å²) in [5.41, 5.74) is 1.14. The molecule has 1 heterocycles. The van der Waals surface area contributed by atoms with Gasteiger partial charge in [0.1, 0.15) is 12.2 Å². The summed E-state index contributed by atoms with van der Waals surface area (Å²) in [4.78, 5) is 4.35. The van der Waals surface area contributed by atoms with Crippen LogP contribution in [0.2, 0.25) is 5.02 Å². The van der Waals surface area contributed by atoms with Crippen molar-refractivity contribution >= 4 is 23.2 Å². The minimum Gasteiger partial charge on any atom is -0.250 e. The highest BCUT2D eigenvalue weighted by Gasteiger charge is 2.15. The lowest BCUT2D eigenvalue weighted by Crippen LogP contribution is -2.15. The minimum absolute atomic E-state index is 0.316. The Hall–Kier alpha value is -1.06. The van der Waals surface area contributed by atoms with Gasteiger partial charge in [-0.1, -0.05) is 36.7 Å². The number of rotatable bonds is 7. The maximum atomic E-state index is 6.21. The first-order chi connectivity index (χ1) is 9.74. The van der Waals surface area contributed by atoms with Crippen molar-refractivity contribution in [1.82, 2.24) is 14.8 Å². The van der Waals surface area contributed by atoms with Crippen molar-refractivity contribution in [3.63, 3.8) is 0 Å². The Bertz CT molecular complexity index is 539. The van der Waals surface area contributed by atoms with Crippen molar-refractivity contribution in [2.24, 2.45) is 5.92 Å². The molecular formula is C15H19Cl2N3. The lowest BCUT2D eigenvalue weighted by Gasteiger charge is -2.15. The number of halogens is 2. The number of alkyl halides is 1. The Labute approximate surface area is 129 Å². The van der Waals surface area contributed by atoms with Crippen LogP contribution in [0, 0.1) is 5.92 Å². The quantitative estimate of drug-likeness (QED) is 0.724. The summed E-state index contributed by atoms with van der Waals surface area (Å²) in [6.07, 6.45) is 4.36. The van der Waals surface area contributed by atoms with Gasteiger partial charge in [0.05, 0.1) is 0 Å². The summed E-state index contributed by atoms with van der Waals surface area (Å²) >= 11 is 12.3. The van der Waals surface area contributed by atoms with Crippen molar-refractivity contribution in [3.05, 3.63) is 47.0 Å². The van der Waals surface area contributed by atoms with Crippen LogP contribution in [-0.4, -0.2) is 20.6 Å². The number of hydrogen-bond acceptors (Lipinski definition) is 2. The van der Waals surface area contributed by atoms with Crippen LogP contribution in [0.15, 0.2) is 30.6 Å². The fourth-order valence-electron chi connectivity index (χ4n) is 2.26. The molecule has 0 aliphatic rings. The van der Waals surface area contributed by atoms with Crippen LogP contribution < -0.4 is 0 Å². The van der Waals surface area contributed by atoms with E-state index in [1.807, 2.05) is 22.9 Å². The van der Waals surface area contributed by atoms with Crippen molar-refractivity contribution in [3.8, 4) is 0 Å². The van der Waals surface area contributed by atoms with Gasteiger partial charge in [-0.05, 0) is 30.4 Å². The summed E-state index contributed by atoms with van der Waals surface area (Å²) < 4.78 is 1.96. The molecule has 0 spiro atoms. The van der Waals surface area contributed by atoms with Crippen LogP contribution in [0.3, 0.4) is 0 Å². The average molecular weight is 312 g/mol. The van der Waals surface area contributed by atoms with Crippen LogP contribution >= 0.6 is 23.2 Å². The van der Waals surface area contributed by atoms with E-state index in [0.29, 0.717) is 11.8 Å². The largest absolute Gasteiger partial charge is 0.250 e. The SMILES string of the molecule is CCCn1ncnc1CC(CCl)Cc1ccccc1Cl. The van der Waals surface area contributed by atoms with E-state index in [1.165, 1.54) is 0 Å². The molecule has 0 bridgehead atoms. The van der Waals surface area contributed by atoms with Gasteiger partial charge >= 0.3 is 0 Å². The topological polar surface area (TPSA) is 30.7 Å². The fraction of sp³-hybridized carbons (Fsp3) is 0.467. The summed E-state index contributed by atoms with van der Waals surface area (Å²) in [5.74, 6) is 1.91. The van der Waals surface area contributed by atoms with Crippen LogP contribution in [0.25, 0.3) is 0 Å². The van der Waals surface area contributed by atoms with Gasteiger partial charge in [-0.15, -0.1) is 11.6 Å². The monoisotopic (exact) mass is 311 g/mol.